The van der Waals surface area contributed by atoms with Gasteiger partial charge < -0.3 is 5.11 Å². The van der Waals surface area contributed by atoms with Crippen LogP contribution in [-0.4, -0.2) is 52.0 Å². The fourth-order valence-electron chi connectivity index (χ4n) is 8.88. The van der Waals surface area contributed by atoms with Gasteiger partial charge in [0.15, 0.2) is 11.5 Å². The van der Waals surface area contributed by atoms with Gasteiger partial charge in [0.05, 0.1) is 83.9 Å². The Hall–Kier alpha value is -6.95. The number of nitriles is 1. The number of aliphatic hydroxyl groups is 1. The Labute approximate surface area is 608 Å². The Balaban J connectivity index is 0.000000182. The molecule has 1 N–H and O–H groups in total. The molecule has 0 unspecified atom stereocenters. The van der Waals surface area contributed by atoms with Crippen molar-refractivity contribution >= 4 is 176 Å². The predicted octanol–water partition coefficient (Wildman–Crippen LogP) is 25.6. The molecule has 15 aromatic rings. The Morgan fingerprint density at radius 1 is 0.448 bits per heavy atom. The molecule has 0 bridgehead atoms. The lowest BCUT2D eigenvalue weighted by Gasteiger charge is -1.96. The van der Waals surface area contributed by atoms with Crippen LogP contribution in [0.15, 0.2) is 124 Å². The highest BCUT2D eigenvalue weighted by Gasteiger charge is 2.16. The van der Waals surface area contributed by atoms with Crippen LogP contribution in [0.2, 0.25) is 4.47 Å². The molecule has 0 amide bonds. The van der Waals surface area contributed by atoms with E-state index in [0.29, 0.717) is 4.47 Å². The molecule has 0 spiro atoms. The van der Waals surface area contributed by atoms with E-state index in [9.17, 15) is 0 Å². The number of thiazole rings is 7. The monoisotopic (exact) mass is 1480 g/mol. The fraction of sp³-hybridized carbons (Fsp3) is 0.260. The molecule has 0 fully saturated rings. The van der Waals surface area contributed by atoms with Crippen molar-refractivity contribution in [3.05, 3.63) is 199 Å². The molecule has 0 atom stereocenters. The molecule has 0 saturated heterocycles. The quantitative estimate of drug-likeness (QED) is 0.124. The van der Waals surface area contributed by atoms with Crippen LogP contribution in [-0.2, 0) is 6.61 Å². The minimum absolute atomic E-state index is 0.105. The van der Waals surface area contributed by atoms with Crippen LogP contribution in [0, 0.1) is 90.7 Å². The molecule has 0 saturated carbocycles. The van der Waals surface area contributed by atoms with E-state index in [1.165, 1.54) is 107 Å². The normalized spacial score (nSPS) is 10.2. The summed E-state index contributed by atoms with van der Waals surface area (Å²) in [5, 5.41) is 38.7. The van der Waals surface area contributed by atoms with Crippen molar-refractivity contribution in [1.82, 2.24) is 34.9 Å². The Bertz CT molecular complexity index is 4470. The van der Waals surface area contributed by atoms with Crippen molar-refractivity contribution < 1.29 is 10.0 Å². The highest BCUT2D eigenvalue weighted by atomic mass is 35.5. The lowest BCUT2D eigenvalue weighted by molar-refractivity contribution is -0.445. The number of aryl methyl sites for hydroxylation is 10. The van der Waals surface area contributed by atoms with Crippen molar-refractivity contribution in [1.29, 1.82) is 5.26 Å². The third-order valence-electron chi connectivity index (χ3n) is 13.5. The molecule has 15 rings (SSSR count). The Morgan fingerprint density at radius 2 is 0.760 bits per heavy atom. The van der Waals surface area contributed by atoms with Crippen LogP contribution in [0.1, 0.15) is 109 Å². The molecule has 0 aliphatic heterocycles. The highest BCUT2D eigenvalue weighted by Crippen LogP contribution is 2.40. The van der Waals surface area contributed by atoms with Crippen LogP contribution >= 0.6 is 125 Å². The zero-order valence-corrected chi connectivity index (χ0v) is 66.0. The summed E-state index contributed by atoms with van der Waals surface area (Å²) < 4.78 is 7.00. The summed E-state index contributed by atoms with van der Waals surface area (Å²) in [6.07, 6.45) is 0. The van der Waals surface area contributed by atoms with E-state index in [4.69, 9.17) is 47.0 Å². The maximum Gasteiger partial charge on any atom is 0.194 e. The maximum absolute atomic E-state index is 9.12. The number of thiophene rings is 3. The number of hydrogen-bond acceptors (Lipinski definition) is 21. The van der Waals surface area contributed by atoms with Crippen LogP contribution in [0.5, 0.6) is 0 Å². The highest BCUT2D eigenvalue weighted by molar-refractivity contribution is 7.27. The first-order valence-electron chi connectivity index (χ1n) is 30.8. The van der Waals surface area contributed by atoms with E-state index in [0.717, 1.165) is 80.8 Å². The number of aliphatic hydroxyl groups excluding tert-OH is 1. The summed E-state index contributed by atoms with van der Waals surface area (Å²) in [5.41, 5.74) is 22.0. The largest absolute Gasteiger partial charge is 0.391 e. The smallest absolute Gasteiger partial charge is 0.194 e. The molecule has 500 valence electrons. The van der Waals surface area contributed by atoms with Gasteiger partial charge in [-0.05, 0) is 160 Å². The number of aromatic nitrogens is 7. The molecular weight excluding hydrogens is 1410 g/mol. The minimum Gasteiger partial charge on any atom is -0.391 e. The maximum atomic E-state index is 9.12. The fourth-order valence-corrected chi connectivity index (χ4v) is 18.3. The van der Waals surface area contributed by atoms with Crippen molar-refractivity contribution in [2.24, 2.45) is 0 Å². The van der Waals surface area contributed by atoms with Gasteiger partial charge in [0.25, 0.3) is 0 Å². The first kappa shape index (κ1) is 78.1. The van der Waals surface area contributed by atoms with Gasteiger partial charge in [0.1, 0.15) is 36.4 Å². The van der Waals surface area contributed by atoms with Gasteiger partial charge in [-0.25, -0.2) is 34.9 Å². The summed E-state index contributed by atoms with van der Waals surface area (Å²) in [5.74, 6) is 0. The van der Waals surface area contributed by atoms with Crippen LogP contribution < -0.4 is 0 Å². The average molecular weight is 1490 g/mol. The van der Waals surface area contributed by atoms with Crippen LogP contribution in [0.3, 0.4) is 0 Å². The molecule has 0 radical (unpaired) electrons. The number of hydrogen-bond donors (Lipinski definition) is 1. The number of halogens is 1. The standard InChI is InChI=1S/C14H13NOS2.2C13H11NS2.C12H9ClN2S2.C12H10N2S2.C2H3N.3C2H6.CH3NO2/c1-8-3-4-9(2)13-12(8)15-14(18-13)11-6-5-10(7-16)17-11;2*1-8-5-6-9(2)12-11(8)14-13(16-12)10-4-3-7-15-10;1-6-3-4-7(2)10-9(6)15-11(17-10)8-5-16-12(13)14-8;1-7-3-4-8(2)11-10(7)14-12(16-11)9-5-15-6-13-9;1-2-3;3*1-2;1-2(3)4/h3-6,16H,7H2,1-2H3;2*3-7H,1-2H3;3-5H,1-2H3;3-6H,1-2H3;1H3;3*1-2H3;1H3. The summed E-state index contributed by atoms with van der Waals surface area (Å²) in [7, 11) is 0.889. The minimum atomic E-state index is -0.500. The van der Waals surface area contributed by atoms with Crippen molar-refractivity contribution in [2.75, 3.05) is 7.05 Å². The number of nitro groups is 1. The number of nitrogens with zero attached hydrogens (tertiary/aromatic N) is 9. The molecule has 5 aromatic carbocycles. The summed E-state index contributed by atoms with van der Waals surface area (Å²) in [6.45, 7) is 34.7. The molecule has 0 aliphatic carbocycles. The van der Waals surface area contributed by atoms with Gasteiger partial charge in [-0.2, -0.15) is 5.26 Å². The lowest BCUT2D eigenvalue weighted by atomic mass is 10.1. The average Bonchev–Trinajstić information content (AvgIpc) is 1.68. The topological polar surface area (TPSA) is 177 Å². The van der Waals surface area contributed by atoms with E-state index in [2.05, 4.69) is 185 Å². The predicted molar refractivity (Wildman–Crippen MR) is 427 cm³/mol. The zero-order chi connectivity index (χ0) is 70.3. The zero-order valence-electron chi connectivity index (χ0n) is 57.1. The van der Waals surface area contributed by atoms with E-state index >= 15 is 0 Å². The second-order valence-corrected chi connectivity index (χ2v) is 30.6. The van der Waals surface area contributed by atoms with Gasteiger partial charge >= 0.3 is 0 Å². The molecule has 0 aliphatic rings. The molecule has 12 nitrogen and oxygen atoms in total. The van der Waals surface area contributed by atoms with Gasteiger partial charge in [-0.3, -0.25) is 10.1 Å². The number of benzene rings is 5. The lowest BCUT2D eigenvalue weighted by Crippen LogP contribution is -1.79. The Kier molecular flexibility index (Phi) is 31.1. The summed E-state index contributed by atoms with van der Waals surface area (Å²) in [6, 6.07) is 35.6. The van der Waals surface area contributed by atoms with Gasteiger partial charge in [-0.1, -0.05) is 126 Å². The molecule has 96 heavy (non-hydrogen) atoms. The molecule has 23 heteroatoms. The first-order chi connectivity index (χ1) is 46.2. The van der Waals surface area contributed by atoms with Gasteiger partial charge in [0, 0.05) is 27.5 Å². The summed E-state index contributed by atoms with van der Waals surface area (Å²) in [4.78, 5) is 45.1. The third-order valence-corrected chi connectivity index (χ3v) is 24.4. The van der Waals surface area contributed by atoms with Crippen LogP contribution in [0.25, 0.3) is 102 Å². The first-order valence-corrected chi connectivity index (χ1v) is 39.6. The Morgan fingerprint density at radius 3 is 1.03 bits per heavy atom. The number of fused-ring (bicyclic) bond motifs is 5. The molecule has 10 aromatic heterocycles. The van der Waals surface area contributed by atoms with E-state index in [1.54, 1.807) is 108 Å². The SMILES string of the molecule is CC.CC.CC.CC#N.C[N+](=O)[O-].Cc1ccc(C)c2sc(-c3ccc(CO)s3)nc12.Cc1ccc(C)c2sc(-c3cccs3)nc12.Cc1ccc(C)c2sc(-c3cccs3)nc12.Cc1ccc(C)c2sc(-c3csc(Cl)n3)nc12.Cc1ccc(C)c2sc(-c3cscn3)nc12. The van der Waals surface area contributed by atoms with Crippen LogP contribution in [0.4, 0.5) is 0 Å². The summed E-state index contributed by atoms with van der Waals surface area (Å²) >= 11 is 22.7. The van der Waals surface area contributed by atoms with Gasteiger partial charge in [0.2, 0.25) is 0 Å². The second-order valence-electron chi connectivity index (χ2n) is 20.4. The van der Waals surface area contributed by atoms with Gasteiger partial charge in [-0.15, -0.1) is 113 Å². The molecule has 10 heterocycles. The van der Waals surface area contributed by atoms with Crippen molar-refractivity contribution in [3.8, 4) is 57.1 Å². The van der Waals surface area contributed by atoms with E-state index < -0.39 is 4.92 Å². The van der Waals surface area contributed by atoms with Crippen molar-refractivity contribution in [3.63, 3.8) is 0 Å². The van der Waals surface area contributed by atoms with E-state index in [-0.39, 0.29) is 6.61 Å². The van der Waals surface area contributed by atoms with Crippen molar-refractivity contribution in [2.45, 2.75) is 124 Å². The molecular formula is C73H78ClN9O3S10. The number of rotatable bonds is 6. The van der Waals surface area contributed by atoms with E-state index in [1.807, 2.05) is 69.9 Å². The second kappa shape index (κ2) is 38.3. The third kappa shape index (κ3) is 20.1.